The maximum atomic E-state index is 12.7. The molecule has 150 valence electrons. The maximum Gasteiger partial charge on any atom is 0.339 e. The molecular weight excluding hydrogens is 408 g/mol. The minimum atomic E-state index is -0.566. The third-order valence-corrected chi connectivity index (χ3v) is 5.14. The molecule has 8 heteroatoms. The van der Waals surface area contributed by atoms with Crippen LogP contribution < -0.4 is 5.32 Å². The molecule has 0 fully saturated rings. The van der Waals surface area contributed by atoms with Gasteiger partial charge in [-0.3, -0.25) is 14.9 Å². The Kier molecular flexibility index (Phi) is 5.20. The molecule has 1 atom stereocenters. The van der Waals surface area contributed by atoms with Gasteiger partial charge in [0, 0.05) is 24.1 Å². The molecule has 0 saturated heterocycles. The van der Waals surface area contributed by atoms with Crippen LogP contribution in [0.4, 0.5) is 11.4 Å². The third kappa shape index (κ3) is 3.88. The lowest BCUT2D eigenvalue weighted by molar-refractivity contribution is -0.384. The van der Waals surface area contributed by atoms with Gasteiger partial charge in [-0.1, -0.05) is 41.9 Å². The average molecular weight is 423 g/mol. The monoisotopic (exact) mass is 422 g/mol. The number of rotatable bonds is 4. The molecule has 1 aliphatic heterocycles. The van der Waals surface area contributed by atoms with Crippen molar-refractivity contribution in [2.45, 2.75) is 12.5 Å². The lowest BCUT2D eigenvalue weighted by Crippen LogP contribution is -2.23. The SMILES string of the molecule is O=C(Nc1ccc([N+](=O)[O-])cc1Cl)c1ccc2c(c1)CC(c1ccccc1)OC2=O. The number of nitrogens with one attached hydrogen (secondary N) is 1. The summed E-state index contributed by atoms with van der Waals surface area (Å²) < 4.78 is 5.53. The van der Waals surface area contributed by atoms with E-state index in [-0.39, 0.29) is 16.4 Å². The largest absolute Gasteiger partial charge is 0.454 e. The molecular formula is C22H15ClN2O5. The van der Waals surface area contributed by atoms with E-state index in [0.717, 1.165) is 5.56 Å². The summed E-state index contributed by atoms with van der Waals surface area (Å²) in [5.74, 6) is -0.876. The van der Waals surface area contributed by atoms with Crippen LogP contribution in [0.2, 0.25) is 5.02 Å². The molecule has 0 aromatic heterocycles. The van der Waals surface area contributed by atoms with Crippen LogP contribution >= 0.6 is 11.6 Å². The topological polar surface area (TPSA) is 98.5 Å². The lowest BCUT2D eigenvalue weighted by Gasteiger charge is -2.25. The number of carbonyl (C=O) groups is 2. The molecule has 30 heavy (non-hydrogen) atoms. The number of nitro benzene ring substituents is 1. The van der Waals surface area contributed by atoms with Crippen molar-refractivity contribution in [2.75, 3.05) is 5.32 Å². The highest BCUT2D eigenvalue weighted by Gasteiger charge is 2.28. The Hall–Kier alpha value is -3.71. The van der Waals surface area contributed by atoms with Gasteiger partial charge in [-0.25, -0.2) is 4.79 Å². The number of hydrogen-bond donors (Lipinski definition) is 1. The number of cyclic esters (lactones) is 1. The highest BCUT2D eigenvalue weighted by molar-refractivity contribution is 6.34. The Morgan fingerprint density at radius 2 is 1.87 bits per heavy atom. The van der Waals surface area contributed by atoms with Gasteiger partial charge in [-0.15, -0.1) is 0 Å². The Morgan fingerprint density at radius 1 is 1.10 bits per heavy atom. The van der Waals surface area contributed by atoms with Gasteiger partial charge < -0.3 is 10.1 Å². The van der Waals surface area contributed by atoms with Gasteiger partial charge in [0.15, 0.2) is 0 Å². The maximum absolute atomic E-state index is 12.7. The van der Waals surface area contributed by atoms with Crippen molar-refractivity contribution in [3.63, 3.8) is 0 Å². The van der Waals surface area contributed by atoms with Crippen molar-refractivity contribution in [3.8, 4) is 0 Å². The number of halogens is 1. The summed E-state index contributed by atoms with van der Waals surface area (Å²) in [6.07, 6.45) is 0.0263. The standard InChI is InChI=1S/C22H15ClN2O5/c23-18-12-16(25(28)29)7-9-19(18)24-21(26)14-6-8-17-15(10-14)11-20(30-22(17)27)13-4-2-1-3-5-13/h1-10,12,20H,11H2,(H,24,26). The van der Waals surface area contributed by atoms with Crippen molar-refractivity contribution in [3.05, 3.63) is 104 Å². The summed E-state index contributed by atoms with van der Waals surface area (Å²) >= 11 is 6.05. The summed E-state index contributed by atoms with van der Waals surface area (Å²) in [7, 11) is 0. The number of carbonyl (C=O) groups excluding carboxylic acids is 2. The normalized spacial score (nSPS) is 15.1. The second kappa shape index (κ2) is 7.96. The number of nitrogens with zero attached hydrogens (tertiary/aromatic N) is 1. The van der Waals surface area contributed by atoms with Crippen molar-refractivity contribution in [1.82, 2.24) is 0 Å². The zero-order valence-electron chi connectivity index (χ0n) is 15.5. The van der Waals surface area contributed by atoms with E-state index in [4.69, 9.17) is 16.3 Å². The first kappa shape index (κ1) is 19.6. The van der Waals surface area contributed by atoms with Gasteiger partial charge in [-0.2, -0.15) is 0 Å². The fourth-order valence-corrected chi connectivity index (χ4v) is 3.53. The minimum absolute atomic E-state index is 0.0585. The second-order valence-electron chi connectivity index (χ2n) is 6.76. The zero-order valence-corrected chi connectivity index (χ0v) is 16.3. The Labute approximate surface area is 176 Å². The number of fused-ring (bicyclic) bond motifs is 1. The van der Waals surface area contributed by atoms with Crippen LogP contribution in [0.15, 0.2) is 66.7 Å². The van der Waals surface area contributed by atoms with E-state index >= 15 is 0 Å². The van der Waals surface area contributed by atoms with Crippen molar-refractivity contribution >= 4 is 34.9 Å². The quantitative estimate of drug-likeness (QED) is 0.364. The summed E-state index contributed by atoms with van der Waals surface area (Å²) in [5.41, 5.74) is 2.44. The molecule has 0 aliphatic carbocycles. The van der Waals surface area contributed by atoms with Gasteiger partial charge in [0.1, 0.15) is 6.10 Å². The molecule has 1 N–H and O–H groups in total. The highest BCUT2D eigenvalue weighted by Crippen LogP contribution is 2.32. The van der Waals surface area contributed by atoms with Crippen LogP contribution in [0.1, 0.15) is 37.9 Å². The molecule has 3 aromatic rings. The first-order chi connectivity index (χ1) is 14.4. The smallest absolute Gasteiger partial charge is 0.339 e. The number of anilines is 1. The van der Waals surface area contributed by atoms with E-state index in [1.165, 1.54) is 24.3 Å². The summed E-state index contributed by atoms with van der Waals surface area (Å²) in [5, 5.41) is 13.5. The second-order valence-corrected chi connectivity index (χ2v) is 7.16. The van der Waals surface area contributed by atoms with Gasteiger partial charge in [0.2, 0.25) is 0 Å². The minimum Gasteiger partial charge on any atom is -0.454 e. The van der Waals surface area contributed by atoms with E-state index < -0.39 is 22.9 Å². The van der Waals surface area contributed by atoms with Crippen LogP contribution in [-0.2, 0) is 11.2 Å². The van der Waals surface area contributed by atoms with Crippen molar-refractivity contribution in [2.24, 2.45) is 0 Å². The number of non-ortho nitro benzene ring substituents is 1. The molecule has 0 radical (unpaired) electrons. The lowest BCUT2D eigenvalue weighted by atomic mass is 9.93. The number of benzene rings is 3. The van der Waals surface area contributed by atoms with Crippen LogP contribution in [0.3, 0.4) is 0 Å². The van der Waals surface area contributed by atoms with Crippen molar-refractivity contribution in [1.29, 1.82) is 0 Å². The molecule has 1 heterocycles. The van der Waals surface area contributed by atoms with Crippen LogP contribution in [0.25, 0.3) is 0 Å². The molecule has 0 bridgehead atoms. The first-order valence-electron chi connectivity index (χ1n) is 9.06. The third-order valence-electron chi connectivity index (χ3n) is 4.82. The van der Waals surface area contributed by atoms with E-state index in [2.05, 4.69) is 5.32 Å². The predicted octanol–water partition coefficient (Wildman–Crippen LogP) is 4.95. The molecule has 0 saturated carbocycles. The van der Waals surface area contributed by atoms with E-state index in [1.807, 2.05) is 30.3 Å². The van der Waals surface area contributed by atoms with E-state index in [1.54, 1.807) is 12.1 Å². The highest BCUT2D eigenvalue weighted by atomic mass is 35.5. The number of esters is 1. The van der Waals surface area contributed by atoms with Gasteiger partial charge in [0.05, 0.1) is 21.2 Å². The Balaban J connectivity index is 1.57. The summed E-state index contributed by atoms with van der Waals surface area (Å²) in [6, 6.07) is 17.9. The van der Waals surface area contributed by atoms with Crippen LogP contribution in [0.5, 0.6) is 0 Å². The first-order valence-corrected chi connectivity index (χ1v) is 9.44. The number of ether oxygens (including phenoxy) is 1. The van der Waals surface area contributed by atoms with Gasteiger partial charge >= 0.3 is 5.97 Å². The van der Waals surface area contributed by atoms with Gasteiger partial charge in [0.25, 0.3) is 11.6 Å². The summed E-state index contributed by atoms with van der Waals surface area (Å²) in [4.78, 5) is 35.3. The zero-order chi connectivity index (χ0) is 21.3. The fraction of sp³-hybridized carbons (Fsp3) is 0.0909. The Morgan fingerprint density at radius 3 is 2.57 bits per heavy atom. The summed E-state index contributed by atoms with van der Waals surface area (Å²) in [6.45, 7) is 0. The van der Waals surface area contributed by atoms with Crippen molar-refractivity contribution < 1.29 is 19.2 Å². The molecule has 7 nitrogen and oxygen atoms in total. The average Bonchev–Trinajstić information content (AvgIpc) is 2.75. The number of hydrogen-bond acceptors (Lipinski definition) is 5. The van der Waals surface area contributed by atoms with Crippen LogP contribution in [0, 0.1) is 10.1 Å². The predicted molar refractivity (Wildman–Crippen MR) is 111 cm³/mol. The molecule has 0 spiro atoms. The van der Waals surface area contributed by atoms with E-state index in [9.17, 15) is 19.7 Å². The van der Waals surface area contributed by atoms with E-state index in [0.29, 0.717) is 23.1 Å². The molecule has 1 aliphatic rings. The molecule has 1 unspecified atom stereocenters. The molecule has 3 aromatic carbocycles. The van der Waals surface area contributed by atoms with Crippen LogP contribution in [-0.4, -0.2) is 16.8 Å². The molecule has 4 rings (SSSR count). The Bertz CT molecular complexity index is 1160. The number of nitro groups is 1. The number of amides is 1. The fourth-order valence-electron chi connectivity index (χ4n) is 3.30. The molecule has 1 amide bonds. The van der Waals surface area contributed by atoms with Gasteiger partial charge in [-0.05, 0) is 35.4 Å².